The van der Waals surface area contributed by atoms with Gasteiger partial charge in [0.1, 0.15) is 5.75 Å². The average molecular weight is 266 g/mol. The number of halogens is 1. The van der Waals surface area contributed by atoms with Crippen LogP contribution in [0.25, 0.3) is 0 Å². The van der Waals surface area contributed by atoms with Gasteiger partial charge in [0.05, 0.1) is 26.4 Å². The lowest BCUT2D eigenvalue weighted by molar-refractivity contribution is -0.0646. The lowest BCUT2D eigenvalue weighted by atomic mass is 9.74. The van der Waals surface area contributed by atoms with Crippen LogP contribution in [0.2, 0.25) is 5.02 Å². The van der Waals surface area contributed by atoms with Crippen LogP contribution >= 0.6 is 11.6 Å². The zero-order chi connectivity index (χ0) is 13.2. The molecule has 3 nitrogen and oxygen atoms in total. The Morgan fingerprint density at radius 3 is 2.72 bits per heavy atom. The molecule has 0 aromatic heterocycles. The maximum Gasteiger partial charge on any atom is 0.125 e. The minimum absolute atomic E-state index is 0.114. The Kier molecular flexibility index (Phi) is 3.79. The van der Waals surface area contributed by atoms with Crippen molar-refractivity contribution >= 4 is 11.6 Å². The van der Waals surface area contributed by atoms with Crippen molar-refractivity contribution in [3.8, 4) is 11.8 Å². The number of hydrogen-bond acceptors (Lipinski definition) is 3. The third kappa shape index (κ3) is 2.19. The van der Waals surface area contributed by atoms with Crippen molar-refractivity contribution in [2.24, 2.45) is 0 Å². The molecule has 1 fully saturated rings. The van der Waals surface area contributed by atoms with Gasteiger partial charge < -0.3 is 9.47 Å². The fourth-order valence-corrected chi connectivity index (χ4v) is 2.75. The van der Waals surface area contributed by atoms with E-state index in [2.05, 4.69) is 6.07 Å². The zero-order valence-electron chi connectivity index (χ0n) is 10.6. The lowest BCUT2D eigenvalue weighted by Crippen LogP contribution is -2.47. The largest absolute Gasteiger partial charge is 0.496 e. The third-order valence-electron chi connectivity index (χ3n) is 3.49. The van der Waals surface area contributed by atoms with Crippen molar-refractivity contribution in [3.63, 3.8) is 0 Å². The predicted octanol–water partition coefficient (Wildman–Crippen LogP) is 3.23. The molecule has 1 aromatic carbocycles. The van der Waals surface area contributed by atoms with Crippen LogP contribution in [-0.4, -0.2) is 20.3 Å². The minimum atomic E-state index is -0.114. The van der Waals surface area contributed by atoms with Crippen molar-refractivity contribution < 1.29 is 9.47 Å². The first-order valence-electron chi connectivity index (χ1n) is 5.92. The highest BCUT2D eigenvalue weighted by atomic mass is 35.5. The molecule has 2 rings (SSSR count). The first-order chi connectivity index (χ1) is 8.63. The summed E-state index contributed by atoms with van der Waals surface area (Å²) < 4.78 is 10.9. The van der Waals surface area contributed by atoms with Gasteiger partial charge in [-0.1, -0.05) is 11.6 Å². The van der Waals surface area contributed by atoms with Crippen LogP contribution in [0.3, 0.4) is 0 Å². The highest BCUT2D eigenvalue weighted by molar-refractivity contribution is 6.30. The van der Waals surface area contributed by atoms with Gasteiger partial charge in [-0.05, 0) is 31.0 Å². The van der Waals surface area contributed by atoms with Gasteiger partial charge in [-0.15, -0.1) is 0 Å². The number of aryl methyl sites for hydroxylation is 1. The van der Waals surface area contributed by atoms with Crippen LogP contribution < -0.4 is 4.74 Å². The number of hydrogen-bond donors (Lipinski definition) is 0. The Hall–Kier alpha value is -1.24. The fraction of sp³-hybridized carbons (Fsp3) is 0.500. The number of benzene rings is 1. The number of nitriles is 1. The van der Waals surface area contributed by atoms with E-state index in [-0.39, 0.29) is 5.41 Å². The molecule has 0 radical (unpaired) electrons. The molecule has 1 saturated heterocycles. The molecule has 0 aliphatic carbocycles. The molecule has 0 atom stereocenters. The van der Waals surface area contributed by atoms with E-state index in [9.17, 15) is 0 Å². The van der Waals surface area contributed by atoms with Crippen molar-refractivity contribution in [3.05, 3.63) is 28.3 Å². The summed E-state index contributed by atoms with van der Waals surface area (Å²) >= 11 is 6.14. The van der Waals surface area contributed by atoms with E-state index in [1.807, 2.05) is 19.1 Å². The first kappa shape index (κ1) is 13.2. The van der Waals surface area contributed by atoms with E-state index in [1.165, 1.54) is 0 Å². The second-order valence-corrected chi connectivity index (χ2v) is 5.17. The Morgan fingerprint density at radius 2 is 2.22 bits per heavy atom. The van der Waals surface area contributed by atoms with Gasteiger partial charge in [0.25, 0.3) is 0 Å². The van der Waals surface area contributed by atoms with Crippen LogP contribution in [0.5, 0.6) is 5.75 Å². The van der Waals surface area contributed by atoms with E-state index in [0.29, 0.717) is 24.7 Å². The van der Waals surface area contributed by atoms with E-state index < -0.39 is 0 Å². The predicted molar refractivity (Wildman–Crippen MR) is 70.1 cm³/mol. The van der Waals surface area contributed by atoms with Crippen molar-refractivity contribution in [2.45, 2.75) is 25.2 Å². The number of ether oxygens (including phenoxy) is 2. The number of nitrogens with zero attached hydrogens (tertiary/aromatic N) is 1. The normalized spacial score (nSPS) is 16.8. The molecule has 0 bridgehead atoms. The minimum Gasteiger partial charge on any atom is -0.496 e. The molecular formula is C14H16ClNO2. The maximum atomic E-state index is 8.78. The van der Waals surface area contributed by atoms with Gasteiger partial charge >= 0.3 is 0 Å². The van der Waals surface area contributed by atoms with Gasteiger partial charge in [-0.3, -0.25) is 0 Å². The molecule has 1 aliphatic rings. The molecule has 96 valence electrons. The van der Waals surface area contributed by atoms with Crippen LogP contribution in [0.4, 0.5) is 0 Å². The standard InChI is InChI=1S/C14H16ClNO2/c1-10-6-11(15)7-12(13(10)17-2)14(4-3-5-16)8-18-9-14/h6-7H,3-4,8-9H2,1-2H3. The van der Waals surface area contributed by atoms with E-state index >= 15 is 0 Å². The van der Waals surface area contributed by atoms with Crippen molar-refractivity contribution in [2.75, 3.05) is 20.3 Å². The molecule has 0 amide bonds. The van der Waals surface area contributed by atoms with Gasteiger partial charge in [0, 0.05) is 22.4 Å². The van der Waals surface area contributed by atoms with Crippen molar-refractivity contribution in [1.82, 2.24) is 0 Å². The average Bonchev–Trinajstić information content (AvgIpc) is 2.27. The molecule has 0 saturated carbocycles. The second kappa shape index (κ2) is 5.17. The molecule has 0 N–H and O–H groups in total. The van der Waals surface area contributed by atoms with Crippen LogP contribution in [0.15, 0.2) is 12.1 Å². The number of methoxy groups -OCH3 is 1. The van der Waals surface area contributed by atoms with Crippen molar-refractivity contribution in [1.29, 1.82) is 5.26 Å². The fourth-order valence-electron chi connectivity index (χ4n) is 2.47. The summed E-state index contributed by atoms with van der Waals surface area (Å²) in [7, 11) is 1.66. The summed E-state index contributed by atoms with van der Waals surface area (Å²) in [6, 6.07) is 6.03. The van der Waals surface area contributed by atoms with Gasteiger partial charge in [0.2, 0.25) is 0 Å². The molecular weight excluding hydrogens is 250 g/mol. The van der Waals surface area contributed by atoms with Crippen LogP contribution in [-0.2, 0) is 10.2 Å². The summed E-state index contributed by atoms with van der Waals surface area (Å²) in [5, 5.41) is 9.48. The number of rotatable bonds is 4. The molecule has 0 spiro atoms. The summed E-state index contributed by atoms with van der Waals surface area (Å²) in [5.74, 6) is 0.862. The molecule has 0 unspecified atom stereocenters. The first-order valence-corrected chi connectivity index (χ1v) is 6.30. The van der Waals surface area contributed by atoms with Gasteiger partial charge in [-0.25, -0.2) is 0 Å². The Bertz CT molecular complexity index is 489. The van der Waals surface area contributed by atoms with E-state index in [1.54, 1.807) is 7.11 Å². The maximum absolute atomic E-state index is 8.78. The summed E-state index contributed by atoms with van der Waals surface area (Å²) in [6.07, 6.45) is 1.29. The topological polar surface area (TPSA) is 42.2 Å². The highest BCUT2D eigenvalue weighted by Gasteiger charge is 2.42. The van der Waals surface area contributed by atoms with Gasteiger partial charge in [-0.2, -0.15) is 5.26 Å². The Morgan fingerprint density at radius 1 is 1.50 bits per heavy atom. The van der Waals surface area contributed by atoms with Crippen LogP contribution in [0.1, 0.15) is 24.0 Å². The molecule has 18 heavy (non-hydrogen) atoms. The molecule has 1 aliphatic heterocycles. The monoisotopic (exact) mass is 265 g/mol. The molecule has 1 aromatic rings. The Balaban J connectivity index is 2.45. The third-order valence-corrected chi connectivity index (χ3v) is 3.71. The SMILES string of the molecule is COc1c(C)cc(Cl)cc1C1(CCC#N)COC1. The summed E-state index contributed by atoms with van der Waals surface area (Å²) in [5.41, 5.74) is 1.97. The van der Waals surface area contributed by atoms with E-state index in [4.69, 9.17) is 26.3 Å². The van der Waals surface area contributed by atoms with Gasteiger partial charge in [0.15, 0.2) is 0 Å². The second-order valence-electron chi connectivity index (χ2n) is 4.73. The molecule has 4 heteroatoms. The quantitative estimate of drug-likeness (QED) is 0.839. The summed E-state index contributed by atoms with van der Waals surface area (Å²) in [4.78, 5) is 0. The van der Waals surface area contributed by atoms with Crippen LogP contribution in [0, 0.1) is 18.3 Å². The highest BCUT2D eigenvalue weighted by Crippen LogP contribution is 2.43. The van der Waals surface area contributed by atoms with E-state index in [0.717, 1.165) is 23.3 Å². The smallest absolute Gasteiger partial charge is 0.125 e. The molecule has 1 heterocycles. The summed E-state index contributed by atoms with van der Waals surface area (Å²) in [6.45, 7) is 3.24. The lowest BCUT2D eigenvalue weighted by Gasteiger charge is -2.42. The Labute approximate surface area is 112 Å². The zero-order valence-corrected chi connectivity index (χ0v) is 11.4.